The van der Waals surface area contributed by atoms with Gasteiger partial charge in [-0.3, -0.25) is 4.79 Å². The predicted molar refractivity (Wildman–Crippen MR) is 73.8 cm³/mol. The van der Waals surface area contributed by atoms with Crippen LogP contribution in [0.4, 0.5) is 4.79 Å². The molecule has 3 heteroatoms. The first-order valence-corrected chi connectivity index (χ1v) is 7.01. The highest BCUT2D eigenvalue weighted by Gasteiger charge is 2.23. The normalized spacial score (nSPS) is 14.1. The minimum absolute atomic E-state index is 0.133. The fourth-order valence-corrected chi connectivity index (χ4v) is 2.66. The van der Waals surface area contributed by atoms with Gasteiger partial charge in [-0.2, -0.15) is 0 Å². The van der Waals surface area contributed by atoms with E-state index < -0.39 is 0 Å². The SMILES string of the molecule is C=C[C@](C)(CCC=C(C)C)SC(=O)SC. The van der Waals surface area contributed by atoms with E-state index in [9.17, 15) is 4.79 Å². The van der Waals surface area contributed by atoms with E-state index in [1.165, 1.54) is 29.1 Å². The van der Waals surface area contributed by atoms with Gasteiger partial charge >= 0.3 is 0 Å². The summed E-state index contributed by atoms with van der Waals surface area (Å²) in [4.78, 5) is 11.3. The molecule has 0 fully saturated rings. The summed E-state index contributed by atoms with van der Waals surface area (Å²) in [6.07, 6.45) is 7.85. The van der Waals surface area contributed by atoms with Crippen LogP contribution in [0.3, 0.4) is 0 Å². The van der Waals surface area contributed by atoms with Crippen molar-refractivity contribution >= 4 is 28.0 Å². The summed E-state index contributed by atoms with van der Waals surface area (Å²) in [7, 11) is 0. The summed E-state index contributed by atoms with van der Waals surface area (Å²) in [5.41, 5.74) is 1.32. The number of hydrogen-bond acceptors (Lipinski definition) is 3. The second-order valence-electron chi connectivity index (χ2n) is 3.89. The number of thioether (sulfide) groups is 2. The van der Waals surface area contributed by atoms with Gasteiger partial charge in [-0.1, -0.05) is 41.2 Å². The monoisotopic (exact) mass is 244 g/mol. The zero-order valence-electron chi connectivity index (χ0n) is 10.0. The summed E-state index contributed by atoms with van der Waals surface area (Å²) in [5.74, 6) is 0. The van der Waals surface area contributed by atoms with E-state index in [0.29, 0.717) is 0 Å². The fourth-order valence-electron chi connectivity index (χ4n) is 1.07. The third-order valence-electron chi connectivity index (χ3n) is 2.11. The molecule has 0 radical (unpaired) electrons. The minimum atomic E-state index is -0.133. The molecule has 15 heavy (non-hydrogen) atoms. The molecule has 1 nitrogen and oxygen atoms in total. The molecular weight excluding hydrogens is 224 g/mol. The maximum atomic E-state index is 11.3. The number of allylic oxidation sites excluding steroid dienone is 2. The molecule has 0 amide bonds. The summed E-state index contributed by atoms with van der Waals surface area (Å²) >= 11 is 2.64. The van der Waals surface area contributed by atoms with E-state index in [0.717, 1.165) is 12.8 Å². The van der Waals surface area contributed by atoms with Gasteiger partial charge in [0.15, 0.2) is 0 Å². The maximum Gasteiger partial charge on any atom is 0.246 e. The lowest BCUT2D eigenvalue weighted by atomic mass is 10.0. The van der Waals surface area contributed by atoms with Crippen LogP contribution in [-0.4, -0.2) is 15.5 Å². The Hall–Kier alpha value is -0.150. The Labute approximate surface area is 102 Å². The van der Waals surface area contributed by atoms with Crippen LogP contribution in [0.5, 0.6) is 0 Å². The van der Waals surface area contributed by atoms with Gasteiger partial charge in [-0.15, -0.1) is 6.58 Å². The quantitative estimate of drug-likeness (QED) is 0.641. The van der Waals surface area contributed by atoms with E-state index in [-0.39, 0.29) is 9.19 Å². The molecule has 0 saturated heterocycles. The topological polar surface area (TPSA) is 17.1 Å². The van der Waals surface area contributed by atoms with Crippen LogP contribution in [0.25, 0.3) is 0 Å². The van der Waals surface area contributed by atoms with Gasteiger partial charge in [-0.25, -0.2) is 0 Å². The molecular formula is C12H20OS2. The van der Waals surface area contributed by atoms with Crippen LogP contribution in [0.15, 0.2) is 24.3 Å². The number of carbonyl (C=O) groups is 1. The van der Waals surface area contributed by atoms with Crippen LogP contribution < -0.4 is 0 Å². The Morgan fingerprint density at radius 3 is 2.47 bits per heavy atom. The Bertz CT molecular complexity index is 254. The summed E-state index contributed by atoms with van der Waals surface area (Å²) in [6, 6.07) is 0. The van der Waals surface area contributed by atoms with Crippen molar-refractivity contribution in [1.82, 2.24) is 0 Å². The highest BCUT2D eigenvalue weighted by molar-refractivity contribution is 8.38. The lowest BCUT2D eigenvalue weighted by Gasteiger charge is -2.22. The van der Waals surface area contributed by atoms with Crippen molar-refractivity contribution in [2.24, 2.45) is 0 Å². The van der Waals surface area contributed by atoms with Gasteiger partial charge in [0.2, 0.25) is 4.45 Å². The van der Waals surface area contributed by atoms with Gasteiger partial charge in [0.25, 0.3) is 0 Å². The average molecular weight is 244 g/mol. The molecule has 86 valence electrons. The number of carbonyl (C=O) groups excluding carboxylic acids is 1. The zero-order chi connectivity index (χ0) is 11.9. The molecule has 0 aliphatic heterocycles. The second kappa shape index (κ2) is 7.18. The fraction of sp³-hybridized carbons (Fsp3) is 0.583. The molecule has 0 aromatic heterocycles. The standard InChI is InChI=1S/C12H20OS2/c1-6-12(4,15-11(13)14-5)9-7-8-10(2)3/h6,8H,1,7,9H2,2-5H3/t12-/m1/s1. The van der Waals surface area contributed by atoms with Crippen LogP contribution in [0.2, 0.25) is 0 Å². The predicted octanol–water partition coefficient (Wildman–Crippen LogP) is 4.89. The smallest absolute Gasteiger partial charge is 0.246 e. The van der Waals surface area contributed by atoms with Gasteiger partial charge in [0, 0.05) is 4.75 Å². The van der Waals surface area contributed by atoms with Crippen molar-refractivity contribution in [2.75, 3.05) is 6.26 Å². The van der Waals surface area contributed by atoms with Gasteiger partial charge in [-0.05, 0) is 39.9 Å². The van der Waals surface area contributed by atoms with Crippen molar-refractivity contribution < 1.29 is 4.79 Å². The van der Waals surface area contributed by atoms with Crippen LogP contribution >= 0.6 is 23.5 Å². The van der Waals surface area contributed by atoms with Crippen molar-refractivity contribution in [3.05, 3.63) is 24.3 Å². The molecule has 0 heterocycles. The molecule has 0 aliphatic rings. The highest BCUT2D eigenvalue weighted by atomic mass is 32.2. The Morgan fingerprint density at radius 2 is 2.07 bits per heavy atom. The van der Waals surface area contributed by atoms with E-state index >= 15 is 0 Å². The molecule has 0 unspecified atom stereocenters. The van der Waals surface area contributed by atoms with Crippen molar-refractivity contribution in [3.8, 4) is 0 Å². The van der Waals surface area contributed by atoms with E-state index in [1.807, 2.05) is 12.3 Å². The van der Waals surface area contributed by atoms with Crippen LogP contribution in [0, 0.1) is 0 Å². The van der Waals surface area contributed by atoms with Crippen LogP contribution in [0.1, 0.15) is 33.6 Å². The van der Waals surface area contributed by atoms with Gasteiger partial charge in [0.1, 0.15) is 0 Å². The molecule has 0 saturated carbocycles. The van der Waals surface area contributed by atoms with Crippen LogP contribution in [-0.2, 0) is 0 Å². The third-order valence-corrected chi connectivity index (χ3v) is 4.20. The van der Waals surface area contributed by atoms with Crippen molar-refractivity contribution in [1.29, 1.82) is 0 Å². The molecule has 0 rings (SSSR count). The number of rotatable bonds is 5. The molecule has 0 bridgehead atoms. The lowest BCUT2D eigenvalue weighted by Crippen LogP contribution is -2.17. The van der Waals surface area contributed by atoms with Gasteiger partial charge < -0.3 is 0 Å². The first-order chi connectivity index (χ1) is 6.93. The molecule has 0 N–H and O–H groups in total. The molecule has 0 aliphatic carbocycles. The average Bonchev–Trinajstić information content (AvgIpc) is 2.17. The first kappa shape index (κ1) is 14.8. The summed E-state index contributed by atoms with van der Waals surface area (Å²) in [5, 5.41) is 0. The first-order valence-electron chi connectivity index (χ1n) is 4.97. The zero-order valence-corrected chi connectivity index (χ0v) is 11.6. The highest BCUT2D eigenvalue weighted by Crippen LogP contribution is 2.35. The maximum absolute atomic E-state index is 11.3. The second-order valence-corrected chi connectivity index (χ2v) is 6.44. The third kappa shape index (κ3) is 6.85. The Kier molecular flexibility index (Phi) is 7.11. The van der Waals surface area contributed by atoms with Crippen molar-refractivity contribution in [3.63, 3.8) is 0 Å². The molecule has 0 aromatic carbocycles. The molecule has 1 atom stereocenters. The molecule has 0 aromatic rings. The van der Waals surface area contributed by atoms with E-state index in [1.54, 1.807) is 0 Å². The van der Waals surface area contributed by atoms with Gasteiger partial charge in [0.05, 0.1) is 0 Å². The van der Waals surface area contributed by atoms with E-state index in [4.69, 9.17) is 0 Å². The number of hydrogen-bond donors (Lipinski definition) is 0. The minimum Gasteiger partial charge on any atom is -0.274 e. The van der Waals surface area contributed by atoms with E-state index in [2.05, 4.69) is 33.4 Å². The molecule has 0 spiro atoms. The summed E-state index contributed by atoms with van der Waals surface area (Å²) in [6.45, 7) is 10.1. The largest absolute Gasteiger partial charge is 0.274 e. The Morgan fingerprint density at radius 1 is 1.47 bits per heavy atom. The van der Waals surface area contributed by atoms with Crippen molar-refractivity contribution in [2.45, 2.75) is 38.4 Å². The summed E-state index contributed by atoms with van der Waals surface area (Å²) < 4.78 is 0.0288. The Balaban J connectivity index is 4.25. The lowest BCUT2D eigenvalue weighted by molar-refractivity contribution is 0.276.